The van der Waals surface area contributed by atoms with Gasteiger partial charge in [0.2, 0.25) is 0 Å². The monoisotopic (exact) mass is 208 g/mol. The summed E-state index contributed by atoms with van der Waals surface area (Å²) < 4.78 is 0.383. The Balaban J connectivity index is 1.93. The molecule has 0 saturated heterocycles. The highest BCUT2D eigenvalue weighted by molar-refractivity contribution is 8.01. The molecule has 0 spiro atoms. The third-order valence-corrected chi connectivity index (χ3v) is 4.91. The van der Waals surface area contributed by atoms with Crippen LogP contribution in [0, 0.1) is 0 Å². The zero-order valence-corrected chi connectivity index (χ0v) is 10.1. The third-order valence-electron chi connectivity index (χ3n) is 3.27. The van der Waals surface area contributed by atoms with Crippen LogP contribution < -0.4 is 0 Å². The third kappa shape index (κ3) is 2.44. The Labute approximate surface area is 91.9 Å². The van der Waals surface area contributed by atoms with Crippen LogP contribution in [0.4, 0.5) is 0 Å². The molecule has 0 aromatic heterocycles. The van der Waals surface area contributed by atoms with Crippen molar-refractivity contribution >= 4 is 11.8 Å². The standard InChI is InChI=1S/C13H20S/c1-11-7-9-13(2,10-8-11)14-12-5-3-4-6-12/h7-9,12H,3-6,10H2,1-2H3. The lowest BCUT2D eigenvalue weighted by Crippen LogP contribution is -2.21. The van der Waals surface area contributed by atoms with Gasteiger partial charge in [0.15, 0.2) is 0 Å². The summed E-state index contributed by atoms with van der Waals surface area (Å²) in [6.45, 7) is 4.58. The van der Waals surface area contributed by atoms with E-state index in [0.717, 1.165) is 5.25 Å². The summed E-state index contributed by atoms with van der Waals surface area (Å²) in [5.74, 6) is 0. The van der Waals surface area contributed by atoms with Crippen molar-refractivity contribution in [2.45, 2.75) is 55.9 Å². The number of hydrogen-bond acceptors (Lipinski definition) is 1. The van der Waals surface area contributed by atoms with Gasteiger partial charge in [-0.15, -0.1) is 11.8 Å². The molecule has 0 radical (unpaired) electrons. The second-order valence-electron chi connectivity index (χ2n) is 4.82. The molecule has 1 fully saturated rings. The first-order valence-electron chi connectivity index (χ1n) is 5.72. The average molecular weight is 208 g/mol. The van der Waals surface area contributed by atoms with Crippen LogP contribution in [0.2, 0.25) is 0 Å². The summed E-state index contributed by atoms with van der Waals surface area (Å²) in [5.41, 5.74) is 1.43. The summed E-state index contributed by atoms with van der Waals surface area (Å²) in [4.78, 5) is 0. The topological polar surface area (TPSA) is 0 Å². The molecule has 1 heteroatoms. The van der Waals surface area contributed by atoms with Gasteiger partial charge in [-0.1, -0.05) is 36.6 Å². The molecule has 1 saturated carbocycles. The van der Waals surface area contributed by atoms with Crippen LogP contribution in [0.15, 0.2) is 23.8 Å². The number of allylic oxidation sites excluding steroid dienone is 3. The Bertz CT molecular complexity index is 258. The summed E-state index contributed by atoms with van der Waals surface area (Å²) in [6, 6.07) is 0. The van der Waals surface area contributed by atoms with Gasteiger partial charge in [0.25, 0.3) is 0 Å². The maximum Gasteiger partial charge on any atom is 0.0351 e. The molecule has 0 nitrogen and oxygen atoms in total. The van der Waals surface area contributed by atoms with Crippen molar-refractivity contribution in [2.75, 3.05) is 0 Å². The van der Waals surface area contributed by atoms with E-state index >= 15 is 0 Å². The smallest absolute Gasteiger partial charge is 0.0351 e. The fraction of sp³-hybridized carbons (Fsp3) is 0.692. The number of rotatable bonds is 2. The van der Waals surface area contributed by atoms with Gasteiger partial charge in [-0.2, -0.15) is 0 Å². The quantitative estimate of drug-likeness (QED) is 0.651. The largest absolute Gasteiger partial charge is 0.148 e. The fourth-order valence-corrected chi connectivity index (χ4v) is 3.94. The molecule has 2 aliphatic carbocycles. The van der Waals surface area contributed by atoms with Gasteiger partial charge in [-0.25, -0.2) is 0 Å². The maximum atomic E-state index is 2.41. The Hall–Kier alpha value is -0.170. The zero-order valence-electron chi connectivity index (χ0n) is 9.25. The van der Waals surface area contributed by atoms with E-state index < -0.39 is 0 Å². The summed E-state index contributed by atoms with van der Waals surface area (Å²) in [5, 5.41) is 0.927. The SMILES string of the molecule is CC1=CCC(C)(SC2CCCC2)C=C1. The molecule has 0 amide bonds. The Morgan fingerprint density at radius 1 is 1.36 bits per heavy atom. The van der Waals surface area contributed by atoms with Crippen LogP contribution in [0.3, 0.4) is 0 Å². The van der Waals surface area contributed by atoms with Gasteiger partial charge < -0.3 is 0 Å². The first-order valence-corrected chi connectivity index (χ1v) is 6.60. The average Bonchev–Trinajstić information content (AvgIpc) is 2.63. The van der Waals surface area contributed by atoms with Crippen molar-refractivity contribution in [2.24, 2.45) is 0 Å². The van der Waals surface area contributed by atoms with Crippen LogP contribution in [0.5, 0.6) is 0 Å². The molecule has 0 aliphatic heterocycles. The van der Waals surface area contributed by atoms with E-state index in [1.165, 1.54) is 37.7 Å². The van der Waals surface area contributed by atoms with Crippen LogP contribution in [-0.4, -0.2) is 10.00 Å². The van der Waals surface area contributed by atoms with Crippen LogP contribution in [0.1, 0.15) is 46.0 Å². The molecular formula is C13H20S. The highest BCUT2D eigenvalue weighted by Gasteiger charge is 2.28. The second-order valence-corrected chi connectivity index (χ2v) is 6.66. The molecule has 1 unspecified atom stereocenters. The maximum absolute atomic E-state index is 2.41. The lowest BCUT2D eigenvalue weighted by molar-refractivity contribution is 0.771. The molecule has 0 aromatic carbocycles. The minimum atomic E-state index is 0.383. The van der Waals surface area contributed by atoms with Crippen molar-refractivity contribution in [1.29, 1.82) is 0 Å². The highest BCUT2D eigenvalue weighted by Crippen LogP contribution is 2.42. The molecule has 0 heterocycles. The first kappa shape index (κ1) is 10.4. The molecule has 1 atom stereocenters. The lowest BCUT2D eigenvalue weighted by Gasteiger charge is -2.29. The molecule has 0 bridgehead atoms. The van der Waals surface area contributed by atoms with Gasteiger partial charge in [-0.05, 0) is 33.1 Å². The normalized spacial score (nSPS) is 33.4. The molecule has 2 aliphatic rings. The van der Waals surface area contributed by atoms with Crippen molar-refractivity contribution in [3.63, 3.8) is 0 Å². The molecule has 0 aromatic rings. The van der Waals surface area contributed by atoms with Gasteiger partial charge in [0.1, 0.15) is 0 Å². The van der Waals surface area contributed by atoms with E-state index in [0.29, 0.717) is 4.75 Å². The van der Waals surface area contributed by atoms with Crippen molar-refractivity contribution in [3.8, 4) is 0 Å². The van der Waals surface area contributed by atoms with Gasteiger partial charge in [0, 0.05) is 10.00 Å². The van der Waals surface area contributed by atoms with E-state index in [1.807, 2.05) is 0 Å². The summed E-state index contributed by atoms with van der Waals surface area (Å²) in [7, 11) is 0. The first-order chi connectivity index (χ1) is 6.68. The van der Waals surface area contributed by atoms with Crippen LogP contribution in [0.25, 0.3) is 0 Å². The van der Waals surface area contributed by atoms with E-state index in [9.17, 15) is 0 Å². The van der Waals surface area contributed by atoms with Gasteiger partial charge >= 0.3 is 0 Å². The van der Waals surface area contributed by atoms with Crippen LogP contribution in [-0.2, 0) is 0 Å². The Kier molecular flexibility index (Phi) is 3.06. The number of hydrogen-bond donors (Lipinski definition) is 0. The highest BCUT2D eigenvalue weighted by atomic mass is 32.2. The van der Waals surface area contributed by atoms with E-state index in [2.05, 4.69) is 43.8 Å². The van der Waals surface area contributed by atoms with E-state index in [1.54, 1.807) is 0 Å². The lowest BCUT2D eigenvalue weighted by atomic mass is 9.98. The van der Waals surface area contributed by atoms with Crippen molar-refractivity contribution in [1.82, 2.24) is 0 Å². The van der Waals surface area contributed by atoms with Gasteiger partial charge in [-0.3, -0.25) is 0 Å². The van der Waals surface area contributed by atoms with Crippen molar-refractivity contribution in [3.05, 3.63) is 23.8 Å². The fourth-order valence-electron chi connectivity index (χ4n) is 2.28. The molecular weight excluding hydrogens is 188 g/mol. The molecule has 78 valence electrons. The minimum Gasteiger partial charge on any atom is -0.148 e. The predicted octanol–water partition coefficient (Wildman–Crippen LogP) is 4.33. The molecule has 14 heavy (non-hydrogen) atoms. The Morgan fingerprint density at radius 3 is 2.64 bits per heavy atom. The molecule has 0 N–H and O–H groups in total. The van der Waals surface area contributed by atoms with Crippen molar-refractivity contribution < 1.29 is 0 Å². The number of thioether (sulfide) groups is 1. The summed E-state index contributed by atoms with van der Waals surface area (Å²) >= 11 is 2.20. The predicted molar refractivity (Wildman–Crippen MR) is 65.8 cm³/mol. The molecule has 2 rings (SSSR count). The minimum absolute atomic E-state index is 0.383. The zero-order chi connectivity index (χ0) is 10.0. The van der Waals surface area contributed by atoms with Gasteiger partial charge in [0.05, 0.1) is 0 Å². The Morgan fingerprint density at radius 2 is 2.07 bits per heavy atom. The second kappa shape index (κ2) is 4.14. The van der Waals surface area contributed by atoms with E-state index in [-0.39, 0.29) is 0 Å². The summed E-state index contributed by atoms with van der Waals surface area (Å²) in [6.07, 6.45) is 14.1. The van der Waals surface area contributed by atoms with E-state index in [4.69, 9.17) is 0 Å². The van der Waals surface area contributed by atoms with Crippen LogP contribution >= 0.6 is 11.8 Å².